The normalized spacial score (nSPS) is 11.3. The molecule has 10 nitrogen and oxygen atoms in total. The lowest BCUT2D eigenvalue weighted by Crippen LogP contribution is -2.10. The molecule has 0 saturated carbocycles. The number of aromatic nitrogens is 4. The number of nitrogens with two attached hydrogens (primary N) is 3. The minimum atomic E-state index is -0.501. The number of hydrogen-bond acceptors (Lipinski definition) is 7. The lowest BCUT2D eigenvalue weighted by molar-refractivity contribution is 0.0600. The number of aryl methyl sites for hydroxylation is 2. The molecule has 10 heteroatoms. The summed E-state index contributed by atoms with van der Waals surface area (Å²) in [5, 5.41) is 0. The number of benzene rings is 2. The maximum atomic E-state index is 11.7. The number of ether oxygens (including phenoxy) is 1. The number of nitrogen functional groups attached to an aromatic ring is 2. The molecular formula is C21H23N7O3. The Bertz CT molecular complexity index is 1310. The summed E-state index contributed by atoms with van der Waals surface area (Å²) in [6, 6.07) is 10.3. The van der Waals surface area contributed by atoms with Gasteiger partial charge in [0.2, 0.25) is 17.8 Å². The summed E-state index contributed by atoms with van der Waals surface area (Å²) in [4.78, 5) is 31.8. The van der Waals surface area contributed by atoms with E-state index >= 15 is 0 Å². The molecule has 2 aromatic heterocycles. The average molecular weight is 421 g/mol. The fourth-order valence-electron chi connectivity index (χ4n) is 3.70. The van der Waals surface area contributed by atoms with E-state index in [4.69, 9.17) is 21.9 Å². The Kier molecular flexibility index (Phi) is 5.20. The molecule has 0 bridgehead atoms. The van der Waals surface area contributed by atoms with Crippen LogP contribution in [-0.2, 0) is 17.8 Å². The summed E-state index contributed by atoms with van der Waals surface area (Å²) in [6.45, 7) is 1.33. The lowest BCUT2D eigenvalue weighted by atomic mass is 10.2. The van der Waals surface area contributed by atoms with E-state index in [9.17, 15) is 9.59 Å². The van der Waals surface area contributed by atoms with Crippen LogP contribution in [0.1, 0.15) is 33.6 Å². The number of fused-ring (bicyclic) bond motifs is 2. The van der Waals surface area contributed by atoms with Crippen molar-refractivity contribution in [2.45, 2.75) is 25.9 Å². The minimum absolute atomic E-state index is 0.388. The second-order valence-electron chi connectivity index (χ2n) is 7.21. The second-order valence-corrected chi connectivity index (χ2v) is 7.21. The highest BCUT2D eigenvalue weighted by atomic mass is 16.5. The molecule has 0 saturated heterocycles. The van der Waals surface area contributed by atoms with Crippen LogP contribution in [0.15, 0.2) is 36.4 Å². The van der Waals surface area contributed by atoms with E-state index < -0.39 is 11.9 Å². The number of anilines is 2. The molecular weight excluding hydrogens is 398 g/mol. The zero-order valence-corrected chi connectivity index (χ0v) is 17.0. The summed E-state index contributed by atoms with van der Waals surface area (Å²) in [5.74, 6) is -0.134. The van der Waals surface area contributed by atoms with Gasteiger partial charge in [0.15, 0.2) is 0 Å². The van der Waals surface area contributed by atoms with Crippen molar-refractivity contribution in [2.24, 2.45) is 5.73 Å². The number of methoxy groups -OCH3 is 1. The molecule has 2 aromatic carbocycles. The van der Waals surface area contributed by atoms with E-state index in [1.807, 2.05) is 15.2 Å². The predicted molar refractivity (Wildman–Crippen MR) is 117 cm³/mol. The molecule has 4 rings (SSSR count). The first-order valence-electron chi connectivity index (χ1n) is 9.78. The fraction of sp³-hybridized carbons (Fsp3) is 0.238. The topological polar surface area (TPSA) is 157 Å². The monoisotopic (exact) mass is 421 g/mol. The number of carbonyl (C=O) groups excluding carboxylic acids is 2. The number of nitrogens with zero attached hydrogens (tertiary/aromatic N) is 4. The summed E-state index contributed by atoms with van der Waals surface area (Å²) < 4.78 is 8.59. The van der Waals surface area contributed by atoms with Gasteiger partial charge in [-0.25, -0.2) is 14.8 Å². The van der Waals surface area contributed by atoms with Crippen LogP contribution in [0.5, 0.6) is 0 Å². The largest absolute Gasteiger partial charge is 0.465 e. The van der Waals surface area contributed by atoms with E-state index in [0.29, 0.717) is 47.1 Å². The maximum Gasteiger partial charge on any atom is 0.337 e. The maximum absolute atomic E-state index is 11.7. The summed E-state index contributed by atoms with van der Waals surface area (Å²) >= 11 is 0. The standard InChI is InChI=1S/C21H23N7O3/c1-31-19(30)13-5-7-17-15(11-13)26-21(24)28(17)9-3-2-8-27-16-6-4-12(18(22)29)10-14(16)25-20(27)23/h4-7,10-11H,2-3,8-9H2,1H3,(H2,22,29)(H2,23,25)(H2,24,26). The highest BCUT2D eigenvalue weighted by Gasteiger charge is 2.13. The lowest BCUT2D eigenvalue weighted by Gasteiger charge is -2.09. The highest BCUT2D eigenvalue weighted by Crippen LogP contribution is 2.22. The third-order valence-electron chi connectivity index (χ3n) is 5.27. The molecule has 160 valence electrons. The average Bonchev–Trinajstić information content (AvgIpc) is 3.24. The first-order valence-corrected chi connectivity index (χ1v) is 9.78. The van der Waals surface area contributed by atoms with E-state index in [0.717, 1.165) is 23.9 Å². The Morgan fingerprint density at radius 1 is 0.871 bits per heavy atom. The van der Waals surface area contributed by atoms with Gasteiger partial charge >= 0.3 is 5.97 Å². The number of hydrogen-bond donors (Lipinski definition) is 3. The number of amides is 1. The van der Waals surface area contributed by atoms with Crippen LogP contribution in [-0.4, -0.2) is 38.1 Å². The number of primary amides is 1. The van der Waals surface area contributed by atoms with Crippen LogP contribution in [0.4, 0.5) is 11.9 Å². The molecule has 1 amide bonds. The first-order chi connectivity index (χ1) is 14.9. The zero-order chi connectivity index (χ0) is 22.1. The molecule has 0 radical (unpaired) electrons. The Labute approximate surface area is 177 Å². The van der Waals surface area contributed by atoms with Gasteiger partial charge in [-0.1, -0.05) is 0 Å². The Morgan fingerprint density at radius 2 is 1.35 bits per heavy atom. The molecule has 0 aliphatic rings. The van der Waals surface area contributed by atoms with Crippen molar-refractivity contribution in [3.63, 3.8) is 0 Å². The van der Waals surface area contributed by atoms with Crippen LogP contribution in [0, 0.1) is 0 Å². The summed E-state index contributed by atoms with van der Waals surface area (Å²) in [6.07, 6.45) is 1.65. The van der Waals surface area contributed by atoms with Gasteiger partial charge in [0.05, 0.1) is 34.7 Å². The van der Waals surface area contributed by atoms with Gasteiger partial charge in [-0.2, -0.15) is 0 Å². The molecule has 4 aromatic rings. The zero-order valence-electron chi connectivity index (χ0n) is 17.0. The summed E-state index contributed by atoms with van der Waals surface area (Å²) in [7, 11) is 1.34. The van der Waals surface area contributed by atoms with Gasteiger partial charge in [-0.3, -0.25) is 4.79 Å². The van der Waals surface area contributed by atoms with Crippen LogP contribution in [0.2, 0.25) is 0 Å². The van der Waals surface area contributed by atoms with Crippen LogP contribution in [0.3, 0.4) is 0 Å². The van der Waals surface area contributed by atoms with E-state index in [-0.39, 0.29) is 0 Å². The van der Waals surface area contributed by atoms with Crippen LogP contribution in [0.25, 0.3) is 22.1 Å². The molecule has 0 aliphatic heterocycles. The van der Waals surface area contributed by atoms with Crippen LogP contribution >= 0.6 is 0 Å². The van der Waals surface area contributed by atoms with Crippen LogP contribution < -0.4 is 17.2 Å². The Morgan fingerprint density at radius 3 is 1.84 bits per heavy atom. The van der Waals surface area contributed by atoms with Gasteiger partial charge in [-0.15, -0.1) is 0 Å². The van der Waals surface area contributed by atoms with Gasteiger partial charge in [0.25, 0.3) is 0 Å². The first kappa shape index (κ1) is 20.2. The fourth-order valence-corrected chi connectivity index (χ4v) is 3.70. The molecule has 2 heterocycles. The Balaban J connectivity index is 1.46. The van der Waals surface area contributed by atoms with Gasteiger partial charge in [-0.05, 0) is 49.2 Å². The van der Waals surface area contributed by atoms with Crippen molar-refractivity contribution in [1.29, 1.82) is 0 Å². The molecule has 0 unspecified atom stereocenters. The molecule has 0 atom stereocenters. The van der Waals surface area contributed by atoms with Gasteiger partial charge < -0.3 is 31.1 Å². The van der Waals surface area contributed by atoms with Crippen molar-refractivity contribution in [1.82, 2.24) is 19.1 Å². The van der Waals surface area contributed by atoms with Crippen molar-refractivity contribution in [3.8, 4) is 0 Å². The number of carbonyl (C=O) groups is 2. The quantitative estimate of drug-likeness (QED) is 0.304. The number of rotatable bonds is 7. The SMILES string of the molecule is COC(=O)c1ccc2c(c1)nc(N)n2CCCCn1c(N)nc2cc(C(N)=O)ccc21. The van der Waals surface area contributed by atoms with Gasteiger partial charge in [0, 0.05) is 18.7 Å². The van der Waals surface area contributed by atoms with E-state index in [1.165, 1.54) is 7.11 Å². The highest BCUT2D eigenvalue weighted by molar-refractivity contribution is 5.96. The molecule has 0 spiro atoms. The third kappa shape index (κ3) is 3.75. The number of unbranched alkanes of at least 4 members (excludes halogenated alkanes) is 1. The summed E-state index contributed by atoms with van der Waals surface area (Å²) in [5.41, 5.74) is 21.3. The molecule has 31 heavy (non-hydrogen) atoms. The number of esters is 1. The van der Waals surface area contributed by atoms with E-state index in [1.54, 1.807) is 30.3 Å². The van der Waals surface area contributed by atoms with E-state index in [2.05, 4.69) is 9.97 Å². The predicted octanol–water partition coefficient (Wildman–Crippen LogP) is 1.92. The van der Waals surface area contributed by atoms with Crippen molar-refractivity contribution >= 4 is 45.8 Å². The van der Waals surface area contributed by atoms with Crippen molar-refractivity contribution in [2.75, 3.05) is 18.6 Å². The van der Waals surface area contributed by atoms with Crippen molar-refractivity contribution < 1.29 is 14.3 Å². The van der Waals surface area contributed by atoms with Gasteiger partial charge in [0.1, 0.15) is 0 Å². The Hall–Kier alpha value is -4.08. The second kappa shape index (κ2) is 7.98. The molecule has 0 aliphatic carbocycles. The molecule has 0 fully saturated rings. The minimum Gasteiger partial charge on any atom is -0.465 e. The smallest absolute Gasteiger partial charge is 0.337 e. The van der Waals surface area contributed by atoms with Crippen molar-refractivity contribution in [3.05, 3.63) is 47.5 Å². The number of imidazole rings is 2. The third-order valence-corrected chi connectivity index (χ3v) is 5.27. The molecule has 6 N–H and O–H groups in total.